The maximum atomic E-state index is 15.0. The summed E-state index contributed by atoms with van der Waals surface area (Å²) in [6.45, 7) is -1.81. The van der Waals surface area contributed by atoms with Gasteiger partial charge in [-0.05, 0) is 34.7 Å². The van der Waals surface area contributed by atoms with Crippen molar-refractivity contribution in [2.75, 3.05) is 32.8 Å². The predicted molar refractivity (Wildman–Crippen MR) is 267 cm³/mol. The summed E-state index contributed by atoms with van der Waals surface area (Å²) in [5.41, 5.74) is 13.9. The van der Waals surface area contributed by atoms with Crippen molar-refractivity contribution in [3.8, 4) is 10.8 Å². The molecule has 15 atom stereocenters. The number of aliphatic hydroxyl groups is 7. The van der Waals surface area contributed by atoms with Gasteiger partial charge < -0.3 is 98.5 Å². The number of nitrogens with zero attached hydrogens (tertiary/aromatic N) is 4. The van der Waals surface area contributed by atoms with Crippen LogP contribution in [-0.2, 0) is 39.9 Å². The van der Waals surface area contributed by atoms with Gasteiger partial charge in [-0.1, -0.05) is 49.4 Å². The van der Waals surface area contributed by atoms with Gasteiger partial charge in [0.2, 0.25) is 41.3 Å². The summed E-state index contributed by atoms with van der Waals surface area (Å²) < 4.78 is 11.8. The van der Waals surface area contributed by atoms with Crippen molar-refractivity contribution in [1.82, 2.24) is 47.1 Å². The molecule has 76 heavy (non-hydrogen) atoms. The van der Waals surface area contributed by atoms with E-state index in [1.165, 1.54) is 11.3 Å². The Morgan fingerprint density at radius 1 is 0.763 bits per heavy atom. The number of carbonyl (C=O) groups excluding carboxylic acids is 6. The Kier molecular flexibility index (Phi) is 17.1. The molecule has 2 aromatic heterocycles. The number of nitrogens with two attached hydrogens (primary N) is 2. The van der Waals surface area contributed by atoms with Gasteiger partial charge in [-0.15, -0.1) is 11.3 Å². The number of oxazole rings is 1. The van der Waals surface area contributed by atoms with Crippen molar-refractivity contribution in [3.05, 3.63) is 77.2 Å². The number of aromatic nitrogens is 1. The lowest BCUT2D eigenvalue weighted by Crippen LogP contribution is -2.70. The zero-order chi connectivity index (χ0) is 54.5. The summed E-state index contributed by atoms with van der Waals surface area (Å²) in [5, 5.41) is 96.0. The van der Waals surface area contributed by atoms with Crippen LogP contribution in [0, 0.1) is 0 Å². The lowest BCUT2D eigenvalue weighted by atomic mass is 9.92. The van der Waals surface area contributed by atoms with Gasteiger partial charge >= 0.3 is 0 Å². The quantitative estimate of drug-likeness (QED) is 0.0627. The van der Waals surface area contributed by atoms with E-state index in [9.17, 15) is 64.5 Å². The summed E-state index contributed by atoms with van der Waals surface area (Å²) in [4.78, 5) is 101. The molecule has 0 spiro atoms. The van der Waals surface area contributed by atoms with Crippen LogP contribution in [0.3, 0.4) is 0 Å². The van der Waals surface area contributed by atoms with Crippen molar-refractivity contribution in [1.29, 1.82) is 0 Å². The molecular weight excluding hydrogens is 1020 g/mol. The molecule has 8 rings (SSSR count). The van der Waals surface area contributed by atoms with E-state index in [4.69, 9.17) is 20.6 Å². The Bertz CT molecular complexity index is 2820. The van der Waals surface area contributed by atoms with E-state index in [0.29, 0.717) is 28.1 Å². The van der Waals surface area contributed by atoms with E-state index < -0.39 is 159 Å². The molecular formula is C47H59N13O15S. The van der Waals surface area contributed by atoms with Crippen molar-refractivity contribution >= 4 is 69.8 Å². The molecule has 4 aliphatic heterocycles. The predicted octanol–water partition coefficient (Wildman–Crippen LogP) is -6.74. The molecule has 0 saturated carbocycles. The minimum absolute atomic E-state index is 0.139. The number of benzene rings is 2. The highest BCUT2D eigenvalue weighted by atomic mass is 32.1. The Morgan fingerprint density at radius 2 is 1.46 bits per heavy atom. The minimum Gasteiger partial charge on any atom is -0.435 e. The third-order valence-electron chi connectivity index (χ3n) is 13.6. The summed E-state index contributed by atoms with van der Waals surface area (Å²) >= 11 is 1.40. The summed E-state index contributed by atoms with van der Waals surface area (Å²) in [5.74, 6) is -7.83. The Balaban J connectivity index is 1.18. The number of nitrogens with one attached hydrogen (secondary N) is 7. The zero-order valence-corrected chi connectivity index (χ0v) is 41.3. The SMILES string of the molecule is C[C@@H](c1ccccc1)[C@@H]1NC(=O)CNC(=O)[C@H](CO)NC(=O)[C@@H]([C@@H](O)[C@@H]2CN=C(N)N2[C@H]2O[C@H](CO)[C@@H](O)[C@H](O)[C@@H]2O)NC(=O)[C@H]([C@H](O)[C@@H]2CNC(N)=N2)NC(=O)[C@@H](Cc2ccc3nc(-c4cccs4)oc3c2)NC1=O. The van der Waals surface area contributed by atoms with E-state index in [0.717, 1.165) is 9.78 Å². The third kappa shape index (κ3) is 11.9. The number of carbonyl (C=O) groups is 6. The van der Waals surface area contributed by atoms with Crippen molar-refractivity contribution < 1.29 is 73.7 Å². The molecule has 2 fully saturated rings. The average molecular weight is 1080 g/mol. The number of ether oxygens (including phenoxy) is 1. The van der Waals surface area contributed by atoms with Crippen LogP contribution in [0.2, 0.25) is 0 Å². The topological polar surface area (TPSA) is 443 Å². The van der Waals surface area contributed by atoms with Gasteiger partial charge in [0.1, 0.15) is 72.3 Å². The number of amides is 6. The molecule has 408 valence electrons. The van der Waals surface area contributed by atoms with E-state index in [-0.39, 0.29) is 18.9 Å². The summed E-state index contributed by atoms with van der Waals surface area (Å²) in [6.07, 6.45) is -13.5. The fourth-order valence-corrected chi connectivity index (χ4v) is 9.95. The molecule has 6 heterocycles. The Hall–Kier alpha value is -7.35. The smallest absolute Gasteiger partial charge is 0.246 e. The monoisotopic (exact) mass is 1080 g/mol. The second kappa shape index (κ2) is 23.7. The highest BCUT2D eigenvalue weighted by Crippen LogP contribution is 2.31. The summed E-state index contributed by atoms with van der Waals surface area (Å²) in [6, 6.07) is 4.90. The van der Waals surface area contributed by atoms with Gasteiger partial charge in [-0.25, -0.2) is 9.98 Å². The van der Waals surface area contributed by atoms with Gasteiger partial charge in [0.05, 0.1) is 43.3 Å². The molecule has 0 aliphatic carbocycles. The second-order valence-electron chi connectivity index (χ2n) is 18.6. The normalized spacial score (nSPS) is 30.5. The average Bonchev–Trinajstić information content (AvgIpc) is 4.27. The highest BCUT2D eigenvalue weighted by Gasteiger charge is 2.52. The van der Waals surface area contributed by atoms with Crippen LogP contribution in [0.4, 0.5) is 0 Å². The Morgan fingerprint density at radius 3 is 2.14 bits per heavy atom. The molecule has 29 heteroatoms. The largest absolute Gasteiger partial charge is 0.435 e. The lowest BCUT2D eigenvalue weighted by Gasteiger charge is -2.46. The fourth-order valence-electron chi connectivity index (χ4n) is 9.30. The van der Waals surface area contributed by atoms with Crippen LogP contribution in [-0.4, -0.2) is 211 Å². The number of thiophene rings is 1. The number of rotatable bonds is 12. The lowest BCUT2D eigenvalue weighted by molar-refractivity contribution is -0.260. The molecule has 4 aromatic rings. The van der Waals surface area contributed by atoms with Crippen molar-refractivity contribution in [2.24, 2.45) is 21.5 Å². The zero-order valence-electron chi connectivity index (χ0n) is 40.5. The van der Waals surface area contributed by atoms with Crippen molar-refractivity contribution in [2.45, 2.75) is 104 Å². The van der Waals surface area contributed by atoms with E-state index in [1.807, 2.05) is 17.5 Å². The first-order chi connectivity index (χ1) is 36.4. The minimum atomic E-state index is -2.26. The maximum Gasteiger partial charge on any atom is 0.246 e. The van der Waals surface area contributed by atoms with E-state index in [2.05, 4.69) is 52.2 Å². The molecule has 2 aromatic carbocycles. The molecule has 0 bridgehead atoms. The van der Waals surface area contributed by atoms with Gasteiger partial charge in [0.25, 0.3) is 0 Å². The third-order valence-corrected chi connectivity index (χ3v) is 14.4. The van der Waals surface area contributed by atoms with Crippen LogP contribution in [0.5, 0.6) is 0 Å². The standard InChI is InChI=1S/C47H59N13O15S/c1-19(21-6-3-2-4-7-21)31-41(71)53-23(12-20-9-10-22-27(13-20)74-44(55-22)29-8-5-11-76-29)40(70)58-32(34(64)24-14-51-46(48)56-24)43(73)59-33(42(72)54-25(17-61)39(69)50-16-30(63)57-31)35(65)26-15-52-47(49)60(26)45-38(68)37(67)36(66)28(18-62)75-45/h2-11,13,19,23-26,28,31-38,45,61-62,64-68H,12,14-18H2,1H3,(H2,49,52)(H,50,69)(H,53,71)(H,54,72)(H,57,63)(H,58,70)(H,59,73)(H3,48,51,56)/t19-,23+,24-,25-,26-,28+,31-,32-,33+,34+,35-,36+,37-,38-,45-/m0/s1. The fraction of sp³-hybridized carbons (Fsp3) is 0.468. The van der Waals surface area contributed by atoms with Gasteiger partial charge in [-0.3, -0.25) is 33.8 Å². The number of hydrogen-bond donors (Lipinski definition) is 16. The van der Waals surface area contributed by atoms with Crippen LogP contribution in [0.1, 0.15) is 24.0 Å². The Labute approximate surface area is 436 Å². The van der Waals surface area contributed by atoms with Gasteiger partial charge in [-0.2, -0.15) is 0 Å². The molecule has 2 saturated heterocycles. The highest BCUT2D eigenvalue weighted by molar-refractivity contribution is 7.13. The van der Waals surface area contributed by atoms with E-state index in [1.54, 1.807) is 55.5 Å². The number of aliphatic imine (C=N–C) groups is 2. The first-order valence-electron chi connectivity index (χ1n) is 24.1. The van der Waals surface area contributed by atoms with Crippen LogP contribution < -0.4 is 48.7 Å². The first-order valence-corrected chi connectivity index (χ1v) is 24.9. The summed E-state index contributed by atoms with van der Waals surface area (Å²) in [7, 11) is 0. The molecule has 6 amide bonds. The molecule has 0 unspecified atom stereocenters. The number of fused-ring (bicyclic) bond motifs is 1. The van der Waals surface area contributed by atoms with Gasteiger partial charge in [0.15, 0.2) is 23.7 Å². The molecule has 4 aliphatic rings. The van der Waals surface area contributed by atoms with Crippen LogP contribution in [0.15, 0.2) is 80.4 Å². The molecule has 18 N–H and O–H groups in total. The van der Waals surface area contributed by atoms with Gasteiger partial charge in [0, 0.05) is 18.9 Å². The number of aliphatic hydroxyl groups excluding tert-OH is 7. The molecule has 0 radical (unpaired) electrons. The first kappa shape index (κ1) is 54.9. The number of hydrogen-bond acceptors (Lipinski definition) is 23. The van der Waals surface area contributed by atoms with Crippen LogP contribution in [0.25, 0.3) is 21.9 Å². The molecule has 28 nitrogen and oxygen atoms in total. The van der Waals surface area contributed by atoms with Crippen LogP contribution >= 0.6 is 11.3 Å². The van der Waals surface area contributed by atoms with Crippen molar-refractivity contribution in [3.63, 3.8) is 0 Å². The van der Waals surface area contributed by atoms with E-state index >= 15 is 0 Å². The maximum absolute atomic E-state index is 15.0. The second-order valence-corrected chi connectivity index (χ2v) is 19.5. The number of guanidine groups is 2.